The lowest BCUT2D eigenvalue weighted by atomic mass is 9.97. The van der Waals surface area contributed by atoms with Gasteiger partial charge in [0.25, 0.3) is 5.91 Å². The van der Waals surface area contributed by atoms with E-state index in [1.165, 1.54) is 0 Å². The van der Waals surface area contributed by atoms with Crippen LogP contribution in [0.3, 0.4) is 0 Å². The molecule has 4 heteroatoms. The van der Waals surface area contributed by atoms with Gasteiger partial charge in [-0.25, -0.2) is 4.98 Å². The molecule has 0 aliphatic rings. The molecule has 0 aliphatic carbocycles. The molecule has 0 radical (unpaired) electrons. The van der Waals surface area contributed by atoms with Gasteiger partial charge in [0.2, 0.25) is 0 Å². The first kappa shape index (κ1) is 13.8. The number of hydrogen-bond donors (Lipinski definition) is 2. The third-order valence-electron chi connectivity index (χ3n) is 3.45. The average molecular weight is 289 g/mol. The summed E-state index contributed by atoms with van der Waals surface area (Å²) < 4.78 is 0. The van der Waals surface area contributed by atoms with Gasteiger partial charge in [-0.15, -0.1) is 0 Å². The van der Waals surface area contributed by atoms with Gasteiger partial charge in [0.1, 0.15) is 5.82 Å². The van der Waals surface area contributed by atoms with E-state index in [-0.39, 0.29) is 11.4 Å². The number of nitrogens with two attached hydrogens (primary N) is 2. The van der Waals surface area contributed by atoms with Crippen molar-refractivity contribution >= 4 is 11.7 Å². The molecule has 2 aromatic carbocycles. The molecule has 1 aromatic heterocycles. The Morgan fingerprint density at radius 2 is 1.41 bits per heavy atom. The van der Waals surface area contributed by atoms with Crippen molar-refractivity contribution in [3.05, 3.63) is 72.3 Å². The van der Waals surface area contributed by atoms with Crippen molar-refractivity contribution in [1.82, 2.24) is 4.98 Å². The third-order valence-corrected chi connectivity index (χ3v) is 3.45. The zero-order chi connectivity index (χ0) is 15.5. The lowest BCUT2D eigenvalue weighted by Gasteiger charge is -2.12. The smallest absolute Gasteiger partial charge is 0.253 e. The number of pyridine rings is 1. The Labute approximate surface area is 128 Å². The lowest BCUT2D eigenvalue weighted by Crippen LogP contribution is -2.16. The summed E-state index contributed by atoms with van der Waals surface area (Å²) in [7, 11) is 0. The summed E-state index contributed by atoms with van der Waals surface area (Å²) in [5.74, 6) is -0.434. The molecule has 3 rings (SSSR count). The Balaban J connectivity index is 2.26. The van der Waals surface area contributed by atoms with Crippen molar-refractivity contribution in [2.24, 2.45) is 5.73 Å². The summed E-state index contributed by atoms with van der Waals surface area (Å²) in [6, 6.07) is 21.1. The van der Waals surface area contributed by atoms with Gasteiger partial charge in [0.15, 0.2) is 0 Å². The minimum atomic E-state index is -0.580. The predicted octanol–water partition coefficient (Wildman–Crippen LogP) is 3.10. The van der Waals surface area contributed by atoms with Gasteiger partial charge in [0.05, 0.1) is 11.3 Å². The van der Waals surface area contributed by atoms with Gasteiger partial charge in [-0.1, -0.05) is 60.7 Å². The van der Waals surface area contributed by atoms with Crippen LogP contribution in [0.2, 0.25) is 0 Å². The highest BCUT2D eigenvalue weighted by molar-refractivity contribution is 6.04. The Bertz CT molecular complexity index is 814. The molecular weight excluding hydrogens is 274 g/mol. The molecule has 0 aliphatic heterocycles. The van der Waals surface area contributed by atoms with Gasteiger partial charge in [-0.05, 0) is 11.6 Å². The second kappa shape index (κ2) is 5.69. The summed E-state index contributed by atoms with van der Waals surface area (Å²) in [6.45, 7) is 0. The number of nitrogens with zero attached hydrogens (tertiary/aromatic N) is 1. The normalized spacial score (nSPS) is 10.4. The van der Waals surface area contributed by atoms with Gasteiger partial charge in [-0.2, -0.15) is 0 Å². The number of aromatic nitrogens is 1. The van der Waals surface area contributed by atoms with Crippen molar-refractivity contribution in [2.45, 2.75) is 0 Å². The predicted molar refractivity (Wildman–Crippen MR) is 88.0 cm³/mol. The molecule has 0 bridgehead atoms. The van der Waals surface area contributed by atoms with E-state index < -0.39 is 5.91 Å². The molecule has 0 saturated heterocycles. The highest BCUT2D eigenvalue weighted by atomic mass is 16.1. The Kier molecular flexibility index (Phi) is 3.58. The summed E-state index contributed by atoms with van der Waals surface area (Å²) in [6.07, 6.45) is 0. The average Bonchev–Trinajstić information content (AvgIpc) is 2.55. The molecule has 108 valence electrons. The fourth-order valence-electron chi connectivity index (χ4n) is 2.43. The molecule has 0 unspecified atom stereocenters. The van der Waals surface area contributed by atoms with Crippen LogP contribution in [0.4, 0.5) is 5.82 Å². The number of anilines is 1. The third kappa shape index (κ3) is 2.54. The number of carbonyl (C=O) groups is 1. The first-order chi connectivity index (χ1) is 10.7. The monoisotopic (exact) mass is 289 g/mol. The zero-order valence-electron chi connectivity index (χ0n) is 11.9. The van der Waals surface area contributed by atoms with E-state index in [9.17, 15) is 4.79 Å². The fourth-order valence-corrected chi connectivity index (χ4v) is 2.43. The van der Waals surface area contributed by atoms with Crippen LogP contribution in [0.15, 0.2) is 66.7 Å². The molecule has 1 amide bonds. The van der Waals surface area contributed by atoms with Gasteiger partial charge >= 0.3 is 0 Å². The van der Waals surface area contributed by atoms with Gasteiger partial charge < -0.3 is 11.5 Å². The van der Waals surface area contributed by atoms with Crippen molar-refractivity contribution in [1.29, 1.82) is 0 Å². The number of nitrogen functional groups attached to an aromatic ring is 1. The van der Waals surface area contributed by atoms with Crippen LogP contribution >= 0.6 is 0 Å². The van der Waals surface area contributed by atoms with E-state index in [4.69, 9.17) is 11.5 Å². The van der Waals surface area contributed by atoms with Crippen LogP contribution in [0.5, 0.6) is 0 Å². The van der Waals surface area contributed by atoms with Crippen molar-refractivity contribution in [3.8, 4) is 22.4 Å². The minimum Gasteiger partial charge on any atom is -0.383 e. The zero-order valence-corrected chi connectivity index (χ0v) is 11.9. The SMILES string of the molecule is NC(=O)c1c(-c2ccccc2)cc(-c2ccccc2)nc1N. The van der Waals surface area contributed by atoms with E-state index in [1.807, 2.05) is 66.7 Å². The van der Waals surface area contributed by atoms with Crippen molar-refractivity contribution in [2.75, 3.05) is 5.73 Å². The van der Waals surface area contributed by atoms with E-state index >= 15 is 0 Å². The molecule has 22 heavy (non-hydrogen) atoms. The summed E-state index contributed by atoms with van der Waals surface area (Å²) in [5, 5.41) is 0. The van der Waals surface area contributed by atoms with Crippen molar-refractivity contribution in [3.63, 3.8) is 0 Å². The van der Waals surface area contributed by atoms with E-state index in [1.54, 1.807) is 0 Å². The quantitative estimate of drug-likeness (QED) is 0.777. The fraction of sp³-hybridized carbons (Fsp3) is 0. The van der Waals surface area contributed by atoms with Gasteiger partial charge in [-0.3, -0.25) is 4.79 Å². The molecule has 0 spiro atoms. The Hall–Kier alpha value is -3.14. The van der Waals surface area contributed by atoms with Crippen LogP contribution in [0, 0.1) is 0 Å². The summed E-state index contributed by atoms with van der Waals surface area (Å²) in [4.78, 5) is 16.1. The number of rotatable bonds is 3. The second-order valence-electron chi connectivity index (χ2n) is 4.91. The molecule has 0 saturated carbocycles. The Morgan fingerprint density at radius 1 is 0.864 bits per heavy atom. The molecule has 3 aromatic rings. The van der Waals surface area contributed by atoms with Crippen LogP contribution in [-0.4, -0.2) is 10.9 Å². The molecule has 1 heterocycles. The highest BCUT2D eigenvalue weighted by Crippen LogP contribution is 2.31. The molecule has 0 fully saturated rings. The highest BCUT2D eigenvalue weighted by Gasteiger charge is 2.17. The molecule has 0 atom stereocenters. The lowest BCUT2D eigenvalue weighted by molar-refractivity contribution is 0.100. The first-order valence-electron chi connectivity index (χ1n) is 6.88. The maximum Gasteiger partial charge on any atom is 0.253 e. The van der Waals surface area contributed by atoms with Crippen LogP contribution in [0.25, 0.3) is 22.4 Å². The number of primary amides is 1. The number of carbonyl (C=O) groups excluding carboxylic acids is 1. The summed E-state index contributed by atoms with van der Waals surface area (Å²) >= 11 is 0. The maximum atomic E-state index is 11.8. The number of benzene rings is 2. The van der Waals surface area contributed by atoms with Crippen molar-refractivity contribution < 1.29 is 4.79 Å². The van der Waals surface area contributed by atoms with Crippen LogP contribution in [-0.2, 0) is 0 Å². The molecule has 4 nitrogen and oxygen atoms in total. The Morgan fingerprint density at radius 3 is 1.95 bits per heavy atom. The minimum absolute atomic E-state index is 0.146. The number of hydrogen-bond acceptors (Lipinski definition) is 3. The maximum absolute atomic E-state index is 11.8. The standard InChI is InChI=1S/C18H15N3O/c19-17-16(18(20)22)14(12-7-3-1-4-8-12)11-15(21-17)13-9-5-2-6-10-13/h1-11H,(H2,19,21)(H2,20,22). The van der Waals surface area contributed by atoms with Crippen LogP contribution < -0.4 is 11.5 Å². The van der Waals surface area contributed by atoms with Crippen LogP contribution in [0.1, 0.15) is 10.4 Å². The molecule has 4 N–H and O–H groups in total. The van der Waals surface area contributed by atoms with E-state index in [2.05, 4.69) is 4.98 Å². The number of amides is 1. The topological polar surface area (TPSA) is 82.0 Å². The first-order valence-corrected chi connectivity index (χ1v) is 6.88. The largest absolute Gasteiger partial charge is 0.383 e. The van der Waals surface area contributed by atoms with E-state index in [0.717, 1.165) is 11.1 Å². The molecular formula is C18H15N3O. The second-order valence-corrected chi connectivity index (χ2v) is 4.91. The van der Waals surface area contributed by atoms with E-state index in [0.29, 0.717) is 11.3 Å². The van der Waals surface area contributed by atoms with Gasteiger partial charge in [0, 0.05) is 11.1 Å². The summed E-state index contributed by atoms with van der Waals surface area (Å²) in [5.41, 5.74) is 14.9.